The molecule has 1 fully saturated rings. The minimum Gasteiger partial charge on any atom is -0.465 e. The minimum atomic E-state index is -0.565. The summed E-state index contributed by atoms with van der Waals surface area (Å²) < 4.78 is 10.3. The Kier molecular flexibility index (Phi) is 6.68. The Morgan fingerprint density at radius 3 is 2.39 bits per heavy atom. The third kappa shape index (κ3) is 4.59. The van der Waals surface area contributed by atoms with Crippen molar-refractivity contribution in [2.24, 2.45) is 5.92 Å². The number of alkyl halides is 1. The van der Waals surface area contributed by atoms with E-state index in [4.69, 9.17) is 9.47 Å². The third-order valence-electron chi connectivity index (χ3n) is 3.22. The zero-order chi connectivity index (χ0) is 13.5. The minimum absolute atomic E-state index is 0.247. The van der Waals surface area contributed by atoms with Crippen molar-refractivity contribution < 1.29 is 19.1 Å². The summed E-state index contributed by atoms with van der Waals surface area (Å²) in [5.74, 6) is -0.454. The van der Waals surface area contributed by atoms with Gasteiger partial charge in [-0.3, -0.25) is 9.59 Å². The van der Waals surface area contributed by atoms with Crippen molar-refractivity contribution in [3.63, 3.8) is 0 Å². The van der Waals surface area contributed by atoms with Crippen molar-refractivity contribution in [2.75, 3.05) is 6.61 Å². The first-order chi connectivity index (χ1) is 8.56. The van der Waals surface area contributed by atoms with Crippen LogP contribution in [0.5, 0.6) is 0 Å². The quantitative estimate of drug-likeness (QED) is 0.577. The van der Waals surface area contributed by atoms with Gasteiger partial charge in [0, 0.05) is 6.92 Å². The molecule has 1 rings (SSSR count). The number of hydrogen-bond acceptors (Lipinski definition) is 4. The maximum absolute atomic E-state index is 11.7. The normalized spacial score (nSPS) is 19.9. The van der Waals surface area contributed by atoms with Gasteiger partial charge in [0.05, 0.1) is 6.61 Å². The van der Waals surface area contributed by atoms with E-state index in [1.165, 1.54) is 13.3 Å². The lowest BCUT2D eigenvalue weighted by molar-refractivity contribution is -0.155. The Morgan fingerprint density at radius 1 is 1.28 bits per heavy atom. The molecule has 0 saturated heterocycles. The van der Waals surface area contributed by atoms with Gasteiger partial charge in [0.2, 0.25) is 0 Å². The van der Waals surface area contributed by atoms with Crippen LogP contribution in [0.3, 0.4) is 0 Å². The second-order valence-electron chi connectivity index (χ2n) is 4.63. The van der Waals surface area contributed by atoms with Crippen LogP contribution in [0.25, 0.3) is 0 Å². The summed E-state index contributed by atoms with van der Waals surface area (Å²) >= 11 is 3.32. The van der Waals surface area contributed by atoms with Crippen LogP contribution < -0.4 is 0 Å². The maximum atomic E-state index is 11.7. The molecule has 1 aliphatic carbocycles. The van der Waals surface area contributed by atoms with Crippen molar-refractivity contribution in [1.82, 2.24) is 0 Å². The summed E-state index contributed by atoms with van der Waals surface area (Å²) in [5, 5.41) is 0. The van der Waals surface area contributed by atoms with Crippen LogP contribution in [0.15, 0.2) is 0 Å². The number of hydrogen-bond donors (Lipinski definition) is 0. The van der Waals surface area contributed by atoms with Crippen LogP contribution in [-0.4, -0.2) is 29.5 Å². The predicted molar refractivity (Wildman–Crippen MR) is 71.5 cm³/mol. The molecule has 0 aliphatic heterocycles. The largest absolute Gasteiger partial charge is 0.465 e. The summed E-state index contributed by atoms with van der Waals surface area (Å²) in [6.07, 6.45) is 5.06. The summed E-state index contributed by atoms with van der Waals surface area (Å²) in [7, 11) is 0. The lowest BCUT2D eigenvalue weighted by Gasteiger charge is -2.31. The van der Waals surface area contributed by atoms with Crippen LogP contribution in [0.4, 0.5) is 0 Å². The molecule has 0 spiro atoms. The lowest BCUT2D eigenvalue weighted by atomic mass is 9.84. The molecule has 0 unspecified atom stereocenters. The van der Waals surface area contributed by atoms with Gasteiger partial charge in [-0.05, 0) is 25.7 Å². The van der Waals surface area contributed by atoms with E-state index < -0.39 is 10.9 Å². The van der Waals surface area contributed by atoms with Gasteiger partial charge in [0.25, 0.3) is 0 Å². The fraction of sp³-hybridized carbons (Fsp3) is 0.846. The summed E-state index contributed by atoms with van der Waals surface area (Å²) in [6, 6.07) is 0. The second kappa shape index (κ2) is 7.77. The average Bonchev–Trinajstić information content (AvgIpc) is 2.36. The molecule has 1 aliphatic rings. The zero-order valence-electron chi connectivity index (χ0n) is 11.0. The number of ether oxygens (including phenoxy) is 2. The first-order valence-electron chi connectivity index (χ1n) is 6.54. The molecular weight excluding hydrogens is 300 g/mol. The van der Waals surface area contributed by atoms with E-state index in [2.05, 4.69) is 15.9 Å². The highest BCUT2D eigenvalue weighted by Crippen LogP contribution is 2.32. The first-order valence-corrected chi connectivity index (χ1v) is 7.45. The average molecular weight is 321 g/mol. The molecule has 1 saturated carbocycles. The van der Waals surface area contributed by atoms with Crippen LogP contribution in [0.2, 0.25) is 0 Å². The Balaban J connectivity index is 2.69. The fourth-order valence-electron chi connectivity index (χ4n) is 2.41. The Morgan fingerprint density at radius 2 is 1.89 bits per heavy atom. The van der Waals surface area contributed by atoms with E-state index in [-0.39, 0.29) is 17.9 Å². The number of esters is 2. The van der Waals surface area contributed by atoms with Gasteiger partial charge >= 0.3 is 11.9 Å². The maximum Gasteiger partial charge on any atom is 0.323 e. The third-order valence-corrected chi connectivity index (χ3v) is 4.11. The van der Waals surface area contributed by atoms with Crippen molar-refractivity contribution in [3.8, 4) is 0 Å². The summed E-state index contributed by atoms with van der Waals surface area (Å²) in [5.41, 5.74) is 0. The second-order valence-corrected chi connectivity index (χ2v) is 5.61. The molecule has 18 heavy (non-hydrogen) atoms. The highest BCUT2D eigenvalue weighted by Gasteiger charge is 2.36. The molecule has 0 aromatic carbocycles. The number of carbonyl (C=O) groups is 2. The molecule has 0 heterocycles. The molecule has 0 amide bonds. The smallest absolute Gasteiger partial charge is 0.323 e. The molecule has 5 heteroatoms. The van der Waals surface area contributed by atoms with Crippen molar-refractivity contribution in [1.29, 1.82) is 0 Å². The standard InChI is InChI=1S/C13H21BrO4/c1-3-17-13(16)11(14)12(18-9(2)15)10-7-5-4-6-8-10/h10-12H,3-8H2,1-2H3/t11-,12-/m1/s1. The molecule has 0 aromatic rings. The Bertz CT molecular complexity index is 287. The van der Waals surface area contributed by atoms with Gasteiger partial charge in [-0.15, -0.1) is 0 Å². The SMILES string of the molecule is CCOC(=O)[C@H](Br)[C@H](OC(C)=O)C1CCCCC1. The highest BCUT2D eigenvalue weighted by molar-refractivity contribution is 9.10. The van der Waals surface area contributed by atoms with Gasteiger partial charge in [-0.1, -0.05) is 35.2 Å². The Hall–Kier alpha value is -0.580. The number of rotatable bonds is 5. The topological polar surface area (TPSA) is 52.6 Å². The van der Waals surface area contributed by atoms with E-state index in [0.29, 0.717) is 6.61 Å². The van der Waals surface area contributed by atoms with Crippen molar-refractivity contribution in [2.45, 2.75) is 56.9 Å². The highest BCUT2D eigenvalue weighted by atomic mass is 79.9. The fourth-order valence-corrected chi connectivity index (χ4v) is 3.08. The molecule has 2 atom stereocenters. The monoisotopic (exact) mass is 320 g/mol. The molecule has 0 N–H and O–H groups in total. The lowest BCUT2D eigenvalue weighted by Crippen LogP contribution is -2.40. The molecular formula is C13H21BrO4. The van der Waals surface area contributed by atoms with Gasteiger partial charge in [0.15, 0.2) is 0 Å². The predicted octanol–water partition coefficient (Wildman–Crippen LogP) is 2.83. The van der Waals surface area contributed by atoms with E-state index in [9.17, 15) is 9.59 Å². The van der Waals surface area contributed by atoms with Crippen LogP contribution in [0.1, 0.15) is 46.0 Å². The van der Waals surface area contributed by atoms with Gasteiger partial charge < -0.3 is 9.47 Å². The molecule has 4 nitrogen and oxygen atoms in total. The summed E-state index contributed by atoms with van der Waals surface area (Å²) in [6.45, 7) is 3.47. The van der Waals surface area contributed by atoms with Crippen molar-refractivity contribution in [3.05, 3.63) is 0 Å². The van der Waals surface area contributed by atoms with Crippen molar-refractivity contribution >= 4 is 27.9 Å². The number of halogens is 1. The van der Waals surface area contributed by atoms with E-state index in [0.717, 1.165) is 25.7 Å². The van der Waals surface area contributed by atoms with E-state index >= 15 is 0 Å². The van der Waals surface area contributed by atoms with E-state index in [1.807, 2.05) is 0 Å². The van der Waals surface area contributed by atoms with E-state index in [1.54, 1.807) is 6.92 Å². The molecule has 104 valence electrons. The van der Waals surface area contributed by atoms with Gasteiger partial charge in [-0.2, -0.15) is 0 Å². The van der Waals surface area contributed by atoms with Crippen LogP contribution in [-0.2, 0) is 19.1 Å². The van der Waals surface area contributed by atoms with Gasteiger partial charge in [-0.25, -0.2) is 0 Å². The first kappa shape index (κ1) is 15.5. The molecule has 0 radical (unpaired) electrons. The Labute approximate surface area is 117 Å². The molecule has 0 bridgehead atoms. The number of carbonyl (C=O) groups excluding carboxylic acids is 2. The zero-order valence-corrected chi connectivity index (χ0v) is 12.6. The summed E-state index contributed by atoms with van der Waals surface area (Å²) in [4.78, 5) is 22.4. The molecule has 0 aromatic heterocycles. The van der Waals surface area contributed by atoms with Crippen LogP contribution >= 0.6 is 15.9 Å². The van der Waals surface area contributed by atoms with Gasteiger partial charge in [0.1, 0.15) is 10.9 Å². The van der Waals surface area contributed by atoms with Crippen LogP contribution in [0, 0.1) is 5.92 Å².